The van der Waals surface area contributed by atoms with E-state index in [2.05, 4.69) is 10.1 Å². The van der Waals surface area contributed by atoms with Crippen molar-refractivity contribution in [1.82, 2.24) is 10.1 Å². The minimum absolute atomic E-state index is 0.243. The van der Waals surface area contributed by atoms with E-state index in [1.165, 1.54) is 17.4 Å². The predicted octanol–water partition coefficient (Wildman–Crippen LogP) is 2.80. The van der Waals surface area contributed by atoms with Crippen LogP contribution in [-0.2, 0) is 11.3 Å². The van der Waals surface area contributed by atoms with Crippen molar-refractivity contribution < 1.29 is 19.2 Å². The van der Waals surface area contributed by atoms with Crippen LogP contribution in [0.3, 0.4) is 0 Å². The van der Waals surface area contributed by atoms with E-state index < -0.39 is 5.97 Å². The number of thiazole rings is 1. The Morgan fingerprint density at radius 2 is 2.30 bits per heavy atom. The molecule has 0 bridgehead atoms. The topological polar surface area (TPSA) is 85.5 Å². The zero-order valence-electron chi connectivity index (χ0n) is 10.5. The number of carboxylic acids is 1. The summed E-state index contributed by atoms with van der Waals surface area (Å²) in [6, 6.07) is 6.59. The monoisotopic (exact) mass is 290 g/mol. The fraction of sp³-hybridized carbons (Fsp3) is 0.154. The van der Waals surface area contributed by atoms with Crippen LogP contribution < -0.4 is 0 Å². The molecule has 0 aliphatic heterocycles. The Balaban J connectivity index is 2.01. The number of aromatic carboxylic acids is 1. The van der Waals surface area contributed by atoms with Crippen molar-refractivity contribution in [3.05, 3.63) is 35.6 Å². The van der Waals surface area contributed by atoms with Gasteiger partial charge in [-0.3, -0.25) is 0 Å². The van der Waals surface area contributed by atoms with E-state index in [1.807, 2.05) is 0 Å². The van der Waals surface area contributed by atoms with Crippen molar-refractivity contribution in [2.75, 3.05) is 7.11 Å². The first-order valence-electron chi connectivity index (χ1n) is 5.76. The van der Waals surface area contributed by atoms with E-state index in [1.54, 1.807) is 25.3 Å². The van der Waals surface area contributed by atoms with Crippen LogP contribution in [-0.4, -0.2) is 28.3 Å². The minimum Gasteiger partial charge on any atom is -0.478 e. The second-order valence-electron chi connectivity index (χ2n) is 4.12. The summed E-state index contributed by atoms with van der Waals surface area (Å²) in [6.45, 7) is 0.348. The van der Waals surface area contributed by atoms with Crippen LogP contribution in [0.15, 0.2) is 28.8 Å². The lowest BCUT2D eigenvalue weighted by Crippen LogP contribution is -1.94. The molecular weight excluding hydrogens is 280 g/mol. The van der Waals surface area contributed by atoms with Gasteiger partial charge in [0, 0.05) is 13.2 Å². The van der Waals surface area contributed by atoms with E-state index in [0.717, 1.165) is 10.2 Å². The molecule has 0 unspecified atom stereocenters. The van der Waals surface area contributed by atoms with E-state index in [0.29, 0.717) is 23.1 Å². The first-order chi connectivity index (χ1) is 9.67. The molecule has 0 spiro atoms. The molecule has 0 amide bonds. The summed E-state index contributed by atoms with van der Waals surface area (Å²) < 4.78 is 10.9. The Morgan fingerprint density at radius 3 is 3.05 bits per heavy atom. The fourth-order valence-corrected chi connectivity index (χ4v) is 2.75. The molecule has 3 rings (SSSR count). The highest BCUT2D eigenvalue weighted by atomic mass is 32.1. The molecule has 0 radical (unpaired) electrons. The van der Waals surface area contributed by atoms with E-state index in [9.17, 15) is 4.79 Å². The maximum atomic E-state index is 10.9. The Morgan fingerprint density at radius 1 is 1.45 bits per heavy atom. The van der Waals surface area contributed by atoms with E-state index >= 15 is 0 Å². The largest absolute Gasteiger partial charge is 0.478 e. The van der Waals surface area contributed by atoms with Crippen LogP contribution >= 0.6 is 11.3 Å². The highest BCUT2D eigenvalue weighted by molar-refractivity contribution is 7.21. The van der Waals surface area contributed by atoms with Crippen molar-refractivity contribution in [1.29, 1.82) is 0 Å². The summed E-state index contributed by atoms with van der Waals surface area (Å²) in [5.74, 6) is -0.335. The van der Waals surface area contributed by atoms with Crippen LogP contribution in [0, 0.1) is 0 Å². The second-order valence-corrected chi connectivity index (χ2v) is 5.15. The van der Waals surface area contributed by atoms with Crippen molar-refractivity contribution >= 4 is 27.5 Å². The summed E-state index contributed by atoms with van der Waals surface area (Å²) in [4.78, 5) is 15.4. The van der Waals surface area contributed by atoms with Gasteiger partial charge in [0.25, 0.3) is 0 Å². The Kier molecular flexibility index (Phi) is 3.21. The van der Waals surface area contributed by atoms with Gasteiger partial charge < -0.3 is 14.4 Å². The zero-order valence-corrected chi connectivity index (χ0v) is 11.3. The lowest BCUT2D eigenvalue weighted by molar-refractivity contribution is 0.0697. The number of fused-ring (bicyclic) bond motifs is 1. The van der Waals surface area contributed by atoms with Crippen LogP contribution in [0.2, 0.25) is 0 Å². The SMILES string of the molecule is COCc1cc(-c2nc3ccc(C(=O)O)cc3s2)no1. The standard InChI is InChI=1S/C13H10N2O4S/c1-18-6-8-5-10(15-19-8)12-14-9-3-2-7(13(16)17)4-11(9)20-12/h2-5H,6H2,1H3,(H,16,17). The summed E-state index contributed by atoms with van der Waals surface area (Å²) in [5, 5.41) is 13.6. The number of aromatic nitrogens is 2. The number of hydrogen-bond donors (Lipinski definition) is 1. The predicted molar refractivity (Wildman–Crippen MR) is 72.8 cm³/mol. The van der Waals surface area contributed by atoms with Gasteiger partial charge in [-0.15, -0.1) is 11.3 Å². The van der Waals surface area contributed by atoms with Crippen LogP contribution in [0.4, 0.5) is 0 Å². The maximum absolute atomic E-state index is 10.9. The Labute approximate surface area is 117 Å². The van der Waals surface area contributed by atoms with Gasteiger partial charge in [0.1, 0.15) is 17.3 Å². The smallest absolute Gasteiger partial charge is 0.335 e. The number of methoxy groups -OCH3 is 1. The number of carbonyl (C=O) groups is 1. The number of nitrogens with zero attached hydrogens (tertiary/aromatic N) is 2. The molecule has 1 N–H and O–H groups in total. The number of benzene rings is 1. The molecule has 102 valence electrons. The number of hydrogen-bond acceptors (Lipinski definition) is 6. The van der Waals surface area contributed by atoms with Crippen molar-refractivity contribution in [2.45, 2.75) is 6.61 Å². The molecule has 7 heteroatoms. The van der Waals surface area contributed by atoms with Gasteiger partial charge in [-0.2, -0.15) is 0 Å². The van der Waals surface area contributed by atoms with Crippen molar-refractivity contribution in [2.24, 2.45) is 0 Å². The average molecular weight is 290 g/mol. The molecule has 0 atom stereocenters. The van der Waals surface area contributed by atoms with Crippen molar-refractivity contribution in [3.63, 3.8) is 0 Å². The minimum atomic E-state index is -0.953. The van der Waals surface area contributed by atoms with Crippen LogP contribution in [0.1, 0.15) is 16.1 Å². The Bertz CT molecular complexity index is 778. The molecule has 0 saturated heterocycles. The van der Waals surface area contributed by atoms with Crippen molar-refractivity contribution in [3.8, 4) is 10.7 Å². The average Bonchev–Trinajstić information content (AvgIpc) is 3.03. The molecule has 0 aliphatic carbocycles. The molecule has 0 saturated carbocycles. The second kappa shape index (κ2) is 5.03. The molecule has 0 fully saturated rings. The van der Waals surface area contributed by atoms with Crippen LogP contribution in [0.5, 0.6) is 0 Å². The summed E-state index contributed by atoms with van der Waals surface area (Å²) >= 11 is 1.38. The van der Waals surface area contributed by atoms with Crippen LogP contribution in [0.25, 0.3) is 20.9 Å². The quantitative estimate of drug-likeness (QED) is 0.795. The molecule has 3 aromatic rings. The lowest BCUT2D eigenvalue weighted by Gasteiger charge is -1.91. The third kappa shape index (κ3) is 2.28. The zero-order chi connectivity index (χ0) is 14.1. The first kappa shape index (κ1) is 12.8. The maximum Gasteiger partial charge on any atom is 0.335 e. The van der Waals surface area contributed by atoms with Gasteiger partial charge in [0.05, 0.1) is 15.8 Å². The lowest BCUT2D eigenvalue weighted by atomic mass is 10.2. The number of ether oxygens (including phenoxy) is 1. The van der Waals surface area contributed by atoms with E-state index in [-0.39, 0.29) is 5.56 Å². The fourth-order valence-electron chi connectivity index (χ4n) is 1.79. The highest BCUT2D eigenvalue weighted by Crippen LogP contribution is 2.30. The Hall–Kier alpha value is -2.25. The van der Waals surface area contributed by atoms with Gasteiger partial charge in [0.15, 0.2) is 5.76 Å². The number of carboxylic acid groups (broad SMARTS) is 1. The van der Waals surface area contributed by atoms with E-state index in [4.69, 9.17) is 14.4 Å². The van der Waals surface area contributed by atoms with Gasteiger partial charge in [-0.25, -0.2) is 9.78 Å². The van der Waals surface area contributed by atoms with Gasteiger partial charge in [-0.05, 0) is 18.2 Å². The molecule has 0 aliphatic rings. The summed E-state index contributed by atoms with van der Waals surface area (Å²) in [6.07, 6.45) is 0. The first-order valence-corrected chi connectivity index (χ1v) is 6.58. The molecular formula is C13H10N2O4S. The molecule has 6 nitrogen and oxygen atoms in total. The molecule has 2 heterocycles. The molecule has 2 aromatic heterocycles. The number of rotatable bonds is 4. The normalized spacial score (nSPS) is 11.1. The summed E-state index contributed by atoms with van der Waals surface area (Å²) in [7, 11) is 1.58. The third-order valence-corrected chi connectivity index (χ3v) is 3.74. The van der Waals surface area contributed by atoms with Gasteiger partial charge in [0.2, 0.25) is 0 Å². The molecule has 20 heavy (non-hydrogen) atoms. The molecule has 1 aromatic carbocycles. The highest BCUT2D eigenvalue weighted by Gasteiger charge is 2.13. The van der Waals surface area contributed by atoms with Gasteiger partial charge in [-0.1, -0.05) is 5.16 Å². The third-order valence-electron chi connectivity index (χ3n) is 2.70. The van der Waals surface area contributed by atoms with Gasteiger partial charge >= 0.3 is 5.97 Å². The summed E-state index contributed by atoms with van der Waals surface area (Å²) in [5.41, 5.74) is 1.61.